The van der Waals surface area contributed by atoms with E-state index in [0.717, 1.165) is 12.8 Å². The molecule has 1 heterocycles. The smallest absolute Gasteiger partial charge is 0.318 e. The van der Waals surface area contributed by atoms with E-state index < -0.39 is 17.4 Å². The van der Waals surface area contributed by atoms with Gasteiger partial charge in [-0.05, 0) is 32.6 Å². The van der Waals surface area contributed by atoms with Crippen molar-refractivity contribution in [2.75, 3.05) is 13.1 Å². The van der Waals surface area contributed by atoms with Gasteiger partial charge in [-0.25, -0.2) is 4.79 Å². The Morgan fingerprint density at radius 3 is 2.52 bits per heavy atom. The van der Waals surface area contributed by atoms with Crippen LogP contribution in [0.4, 0.5) is 4.79 Å². The average Bonchev–Trinajstić information content (AvgIpc) is 3.13. The maximum Gasteiger partial charge on any atom is 0.318 e. The van der Waals surface area contributed by atoms with Crippen LogP contribution in [0.15, 0.2) is 0 Å². The highest BCUT2D eigenvalue weighted by Crippen LogP contribution is 2.34. The van der Waals surface area contributed by atoms with Gasteiger partial charge in [0.2, 0.25) is 5.91 Å². The number of nitrogens with one attached hydrogen (secondary N) is 2. The van der Waals surface area contributed by atoms with Gasteiger partial charge in [-0.2, -0.15) is 0 Å². The van der Waals surface area contributed by atoms with E-state index in [4.69, 9.17) is 0 Å². The molecule has 1 aliphatic heterocycles. The molecular weight excluding hydrogens is 274 g/mol. The number of carboxylic acid groups (broad SMARTS) is 1. The first-order chi connectivity index (χ1) is 9.88. The molecule has 2 fully saturated rings. The van der Waals surface area contributed by atoms with Gasteiger partial charge >= 0.3 is 12.0 Å². The molecule has 1 saturated carbocycles. The predicted octanol–water partition coefficient (Wildman–Crippen LogP) is 0.550. The van der Waals surface area contributed by atoms with Crippen LogP contribution < -0.4 is 10.6 Å². The van der Waals surface area contributed by atoms with E-state index in [-0.39, 0.29) is 24.5 Å². The minimum Gasteiger partial charge on any atom is -0.481 e. The number of rotatable bonds is 5. The van der Waals surface area contributed by atoms with Crippen molar-refractivity contribution in [2.24, 2.45) is 5.41 Å². The third-order valence-corrected chi connectivity index (χ3v) is 4.43. The zero-order valence-corrected chi connectivity index (χ0v) is 12.5. The van der Waals surface area contributed by atoms with E-state index in [1.807, 2.05) is 6.92 Å². The molecule has 2 unspecified atom stereocenters. The number of hydrogen-bond acceptors (Lipinski definition) is 3. The van der Waals surface area contributed by atoms with Gasteiger partial charge in [0.15, 0.2) is 0 Å². The van der Waals surface area contributed by atoms with Gasteiger partial charge in [0, 0.05) is 19.1 Å². The summed E-state index contributed by atoms with van der Waals surface area (Å²) >= 11 is 0. The largest absolute Gasteiger partial charge is 0.481 e. The predicted molar refractivity (Wildman–Crippen MR) is 75.7 cm³/mol. The minimum atomic E-state index is -0.861. The van der Waals surface area contributed by atoms with Crippen LogP contribution in [0.5, 0.6) is 0 Å². The van der Waals surface area contributed by atoms with Crippen LogP contribution in [-0.2, 0) is 9.59 Å². The highest BCUT2D eigenvalue weighted by Gasteiger charge is 2.45. The molecule has 7 heteroatoms. The zero-order valence-electron chi connectivity index (χ0n) is 12.5. The lowest BCUT2D eigenvalue weighted by Crippen LogP contribution is -2.50. The van der Waals surface area contributed by atoms with Gasteiger partial charge in [-0.3, -0.25) is 9.59 Å². The second-order valence-corrected chi connectivity index (χ2v) is 6.06. The average molecular weight is 297 g/mol. The van der Waals surface area contributed by atoms with E-state index in [1.54, 1.807) is 6.92 Å². The second-order valence-electron chi connectivity index (χ2n) is 6.06. The summed E-state index contributed by atoms with van der Waals surface area (Å²) < 4.78 is 0. The first-order valence-electron chi connectivity index (χ1n) is 7.47. The third kappa shape index (κ3) is 3.46. The Kier molecular flexibility index (Phi) is 4.39. The van der Waals surface area contributed by atoms with Crippen LogP contribution in [0.3, 0.4) is 0 Å². The van der Waals surface area contributed by atoms with E-state index in [1.165, 1.54) is 4.90 Å². The Bertz CT molecular complexity index is 450. The number of carbonyl (C=O) groups is 3. The van der Waals surface area contributed by atoms with E-state index >= 15 is 0 Å². The lowest BCUT2D eigenvalue weighted by atomic mass is 9.84. The number of carboxylic acids is 1. The Morgan fingerprint density at radius 1 is 1.38 bits per heavy atom. The van der Waals surface area contributed by atoms with Crippen LogP contribution in [0.1, 0.15) is 39.5 Å². The number of likely N-dealkylation sites (tertiary alicyclic amines) is 1. The van der Waals surface area contributed by atoms with Crippen molar-refractivity contribution in [1.82, 2.24) is 15.5 Å². The van der Waals surface area contributed by atoms with Crippen molar-refractivity contribution in [2.45, 2.75) is 51.6 Å². The second kappa shape index (κ2) is 5.91. The van der Waals surface area contributed by atoms with Crippen LogP contribution >= 0.6 is 0 Å². The summed E-state index contributed by atoms with van der Waals surface area (Å²) in [6.45, 7) is 4.06. The molecule has 3 N–H and O–H groups in total. The van der Waals surface area contributed by atoms with Crippen LogP contribution in [0.2, 0.25) is 0 Å². The number of amides is 3. The monoisotopic (exact) mass is 297 g/mol. The highest BCUT2D eigenvalue weighted by molar-refractivity contribution is 5.87. The molecule has 1 aliphatic carbocycles. The van der Waals surface area contributed by atoms with Crippen molar-refractivity contribution < 1.29 is 19.5 Å². The number of hydrogen-bond donors (Lipinski definition) is 3. The Morgan fingerprint density at radius 2 is 2.05 bits per heavy atom. The minimum absolute atomic E-state index is 0.190. The highest BCUT2D eigenvalue weighted by atomic mass is 16.4. The molecule has 3 amide bonds. The van der Waals surface area contributed by atoms with Crippen molar-refractivity contribution in [3.05, 3.63) is 0 Å². The standard InChI is InChI=1S/C14H23N3O4/c1-3-14(12(19)20)6-7-17(8-14)13(21)15-9(2)11(18)16-10-4-5-10/h9-10H,3-8H2,1-2H3,(H,15,21)(H,16,18)(H,19,20). The lowest BCUT2D eigenvalue weighted by molar-refractivity contribution is -0.148. The number of carbonyl (C=O) groups excluding carboxylic acids is 2. The molecule has 118 valence electrons. The fourth-order valence-corrected chi connectivity index (χ4v) is 2.56. The Hall–Kier alpha value is -1.79. The van der Waals surface area contributed by atoms with Gasteiger partial charge in [0.05, 0.1) is 5.41 Å². The Labute approximate surface area is 124 Å². The van der Waals surface area contributed by atoms with Crippen LogP contribution in [-0.4, -0.2) is 53.1 Å². The summed E-state index contributed by atoms with van der Waals surface area (Å²) in [6.07, 6.45) is 2.94. The number of urea groups is 1. The zero-order chi connectivity index (χ0) is 15.6. The quantitative estimate of drug-likeness (QED) is 0.690. The van der Waals surface area contributed by atoms with Crippen molar-refractivity contribution in [3.8, 4) is 0 Å². The summed E-state index contributed by atoms with van der Waals surface area (Å²) in [7, 11) is 0. The summed E-state index contributed by atoms with van der Waals surface area (Å²) in [6, 6.07) is -0.729. The maximum atomic E-state index is 12.1. The van der Waals surface area contributed by atoms with Crippen molar-refractivity contribution in [3.63, 3.8) is 0 Å². The third-order valence-electron chi connectivity index (χ3n) is 4.43. The van der Waals surface area contributed by atoms with Gasteiger partial charge in [0.1, 0.15) is 6.04 Å². The van der Waals surface area contributed by atoms with E-state index in [2.05, 4.69) is 10.6 Å². The SMILES string of the molecule is CCC1(C(=O)O)CCN(C(=O)NC(C)C(=O)NC2CC2)C1. The molecule has 2 rings (SSSR count). The van der Waals surface area contributed by atoms with Crippen molar-refractivity contribution in [1.29, 1.82) is 0 Å². The molecular formula is C14H23N3O4. The molecule has 2 aliphatic rings. The lowest BCUT2D eigenvalue weighted by Gasteiger charge is -2.24. The Balaban J connectivity index is 1.86. The normalized spacial score (nSPS) is 26.3. The number of aliphatic carboxylic acids is 1. The first kappa shape index (κ1) is 15.6. The molecule has 0 aromatic heterocycles. The molecule has 0 radical (unpaired) electrons. The molecule has 21 heavy (non-hydrogen) atoms. The maximum absolute atomic E-state index is 12.1. The summed E-state index contributed by atoms with van der Waals surface area (Å²) in [4.78, 5) is 36.8. The topological polar surface area (TPSA) is 98.7 Å². The van der Waals surface area contributed by atoms with Gasteiger partial charge < -0.3 is 20.6 Å². The van der Waals surface area contributed by atoms with E-state index in [0.29, 0.717) is 19.4 Å². The summed E-state index contributed by atoms with van der Waals surface area (Å²) in [5, 5.41) is 14.8. The molecule has 0 bridgehead atoms. The van der Waals surface area contributed by atoms with Crippen LogP contribution in [0, 0.1) is 5.41 Å². The summed E-state index contributed by atoms with van der Waals surface area (Å²) in [5.41, 5.74) is -0.850. The molecule has 0 spiro atoms. The summed E-state index contributed by atoms with van der Waals surface area (Å²) in [5.74, 6) is -1.05. The number of nitrogens with zero attached hydrogens (tertiary/aromatic N) is 1. The van der Waals surface area contributed by atoms with Gasteiger partial charge in [0.25, 0.3) is 0 Å². The van der Waals surface area contributed by atoms with Gasteiger partial charge in [-0.1, -0.05) is 6.92 Å². The van der Waals surface area contributed by atoms with Gasteiger partial charge in [-0.15, -0.1) is 0 Å². The molecule has 0 aromatic rings. The molecule has 0 aromatic carbocycles. The van der Waals surface area contributed by atoms with E-state index in [9.17, 15) is 19.5 Å². The first-order valence-corrected chi connectivity index (χ1v) is 7.47. The molecule has 2 atom stereocenters. The fraction of sp³-hybridized carbons (Fsp3) is 0.786. The molecule has 7 nitrogen and oxygen atoms in total. The fourth-order valence-electron chi connectivity index (χ4n) is 2.56. The van der Waals surface area contributed by atoms with Crippen LogP contribution in [0.25, 0.3) is 0 Å². The molecule has 1 saturated heterocycles. The van der Waals surface area contributed by atoms with Crippen molar-refractivity contribution >= 4 is 17.9 Å².